The maximum absolute atomic E-state index is 12.9. The molecule has 2 aliphatic rings. The van der Waals surface area contributed by atoms with Crippen LogP contribution >= 0.6 is 23.2 Å². The lowest BCUT2D eigenvalue weighted by atomic mass is 9.73. The van der Waals surface area contributed by atoms with Crippen molar-refractivity contribution in [2.75, 3.05) is 5.32 Å². The van der Waals surface area contributed by atoms with E-state index in [1.54, 1.807) is 24.5 Å². The smallest absolute Gasteiger partial charge is 0.319 e. The lowest BCUT2D eigenvalue weighted by Gasteiger charge is -2.48. The van der Waals surface area contributed by atoms with Crippen molar-refractivity contribution in [1.82, 2.24) is 10.3 Å². The third kappa shape index (κ3) is 3.38. The molecule has 5 rings (SSSR count). The second-order valence-corrected chi connectivity index (χ2v) is 8.54. The summed E-state index contributed by atoms with van der Waals surface area (Å²) in [5.41, 5.74) is 1.41. The van der Waals surface area contributed by atoms with Crippen molar-refractivity contribution in [2.45, 2.75) is 37.3 Å². The van der Waals surface area contributed by atoms with Crippen LogP contribution in [0, 0.1) is 0 Å². The van der Waals surface area contributed by atoms with Gasteiger partial charge in [-0.15, -0.1) is 0 Å². The predicted molar refractivity (Wildman–Crippen MR) is 115 cm³/mol. The third-order valence-corrected chi connectivity index (χ3v) is 6.40. The van der Waals surface area contributed by atoms with Gasteiger partial charge in [-0.25, -0.2) is 4.79 Å². The quantitative estimate of drug-likeness (QED) is 0.518. The second-order valence-electron chi connectivity index (χ2n) is 7.69. The Bertz CT molecular complexity index is 1110. The Hall–Kier alpha value is -2.50. The average molecular weight is 428 g/mol. The first-order valence-corrected chi connectivity index (χ1v) is 10.4. The number of nitrogens with one attached hydrogen (secondary N) is 2. The average Bonchev–Trinajstić information content (AvgIpc) is 2.69. The Labute approximate surface area is 178 Å². The summed E-state index contributed by atoms with van der Waals surface area (Å²) >= 11 is 12.5. The third-order valence-electron chi connectivity index (χ3n) is 5.83. The molecule has 2 aromatic carbocycles. The van der Waals surface area contributed by atoms with Crippen LogP contribution in [-0.2, 0) is 0 Å². The SMILES string of the molecule is O=C(Nc1ccc(Cl)c2cnccc12)NC1CC2(CCC2)Oc2ccc(Cl)cc21. The summed E-state index contributed by atoms with van der Waals surface area (Å²) in [7, 11) is 0. The lowest BCUT2D eigenvalue weighted by Crippen LogP contribution is -2.50. The standard InChI is InChI=1S/C22H19Cl2N3O2/c23-13-2-5-20-15(10-13)19(11-22(29-20)7-1-8-22)27-21(28)26-18-4-3-17(24)16-12-25-9-6-14(16)18/h2-6,9-10,12,19H,1,7-8,11H2,(H2,26,27,28). The van der Waals surface area contributed by atoms with Crippen LogP contribution in [0.1, 0.15) is 37.3 Å². The highest BCUT2D eigenvalue weighted by Crippen LogP contribution is 2.49. The molecule has 1 aliphatic heterocycles. The number of hydrogen-bond donors (Lipinski definition) is 2. The van der Waals surface area contributed by atoms with E-state index >= 15 is 0 Å². The predicted octanol–water partition coefficient (Wildman–Crippen LogP) is 6.11. The van der Waals surface area contributed by atoms with E-state index in [2.05, 4.69) is 15.6 Å². The van der Waals surface area contributed by atoms with Crippen LogP contribution < -0.4 is 15.4 Å². The number of amides is 2. The van der Waals surface area contributed by atoms with Gasteiger partial charge in [-0.1, -0.05) is 23.2 Å². The molecule has 2 amide bonds. The summed E-state index contributed by atoms with van der Waals surface area (Å²) in [6, 6.07) is 10.5. The van der Waals surface area contributed by atoms with Gasteiger partial charge in [0.25, 0.3) is 0 Å². The van der Waals surface area contributed by atoms with Gasteiger partial charge in [-0.05, 0) is 55.7 Å². The minimum absolute atomic E-state index is 0.169. The number of ether oxygens (including phenoxy) is 1. The van der Waals surface area contributed by atoms with Gasteiger partial charge in [0.05, 0.1) is 16.8 Å². The van der Waals surface area contributed by atoms with Crippen molar-refractivity contribution in [3.63, 3.8) is 0 Å². The van der Waals surface area contributed by atoms with E-state index in [0.29, 0.717) is 15.7 Å². The fraction of sp³-hybridized carbons (Fsp3) is 0.273. The van der Waals surface area contributed by atoms with Crippen LogP contribution in [0.4, 0.5) is 10.5 Å². The number of carbonyl (C=O) groups is 1. The van der Waals surface area contributed by atoms with Gasteiger partial charge in [0.15, 0.2) is 0 Å². The number of fused-ring (bicyclic) bond motifs is 2. The van der Waals surface area contributed by atoms with Gasteiger partial charge >= 0.3 is 6.03 Å². The molecular weight excluding hydrogens is 409 g/mol. The largest absolute Gasteiger partial charge is 0.487 e. The van der Waals surface area contributed by atoms with Gasteiger partial charge in [0.1, 0.15) is 11.4 Å². The monoisotopic (exact) mass is 427 g/mol. The molecule has 2 heterocycles. The van der Waals surface area contributed by atoms with Gasteiger partial charge in [-0.2, -0.15) is 0 Å². The zero-order valence-electron chi connectivity index (χ0n) is 15.5. The number of anilines is 1. The molecule has 29 heavy (non-hydrogen) atoms. The Kier molecular flexibility index (Phi) is 4.52. The highest BCUT2D eigenvalue weighted by atomic mass is 35.5. The van der Waals surface area contributed by atoms with E-state index < -0.39 is 0 Å². The van der Waals surface area contributed by atoms with E-state index in [1.165, 1.54) is 0 Å². The maximum atomic E-state index is 12.9. The first kappa shape index (κ1) is 18.5. The molecule has 1 spiro atoms. The summed E-state index contributed by atoms with van der Waals surface area (Å²) in [6.45, 7) is 0. The van der Waals surface area contributed by atoms with Crippen molar-refractivity contribution in [3.8, 4) is 5.75 Å². The topological polar surface area (TPSA) is 63.2 Å². The molecule has 0 radical (unpaired) electrons. The number of halogens is 2. The molecule has 1 saturated carbocycles. The molecule has 2 N–H and O–H groups in total. The molecule has 1 aliphatic carbocycles. The summed E-state index contributed by atoms with van der Waals surface area (Å²) in [6.07, 6.45) is 7.26. The molecule has 0 saturated heterocycles. The second kappa shape index (κ2) is 7.08. The van der Waals surface area contributed by atoms with Crippen molar-refractivity contribution >= 4 is 45.7 Å². The minimum atomic E-state index is -0.280. The number of pyridine rings is 1. The van der Waals surface area contributed by atoms with E-state index in [-0.39, 0.29) is 17.7 Å². The number of benzene rings is 2. The van der Waals surface area contributed by atoms with Crippen molar-refractivity contribution < 1.29 is 9.53 Å². The first-order valence-electron chi connectivity index (χ1n) is 9.61. The van der Waals surface area contributed by atoms with Crippen molar-refractivity contribution in [3.05, 3.63) is 64.4 Å². The van der Waals surface area contributed by atoms with E-state index in [0.717, 1.165) is 47.8 Å². The minimum Gasteiger partial charge on any atom is -0.487 e. The Morgan fingerprint density at radius 1 is 1.14 bits per heavy atom. The number of aromatic nitrogens is 1. The van der Waals surface area contributed by atoms with Crippen LogP contribution in [0.15, 0.2) is 48.8 Å². The normalized spacial score (nSPS) is 19.2. The van der Waals surface area contributed by atoms with Gasteiger partial charge in [-0.3, -0.25) is 4.98 Å². The van der Waals surface area contributed by atoms with Gasteiger partial charge in [0, 0.05) is 40.2 Å². The molecular formula is C22H19Cl2N3O2. The van der Waals surface area contributed by atoms with Crippen LogP contribution in [-0.4, -0.2) is 16.6 Å². The van der Waals surface area contributed by atoms with Crippen molar-refractivity contribution in [2.24, 2.45) is 0 Å². The number of urea groups is 1. The van der Waals surface area contributed by atoms with Crippen LogP contribution in [0.25, 0.3) is 10.8 Å². The highest BCUT2D eigenvalue weighted by molar-refractivity contribution is 6.36. The molecule has 0 bridgehead atoms. The highest BCUT2D eigenvalue weighted by Gasteiger charge is 2.46. The molecule has 3 aromatic rings. The number of rotatable bonds is 2. The van der Waals surface area contributed by atoms with Crippen LogP contribution in [0.3, 0.4) is 0 Å². The molecule has 1 atom stereocenters. The van der Waals surface area contributed by atoms with Crippen LogP contribution in [0.2, 0.25) is 10.0 Å². The maximum Gasteiger partial charge on any atom is 0.319 e. The zero-order chi connectivity index (χ0) is 20.0. The first-order chi connectivity index (χ1) is 14.0. The summed E-state index contributed by atoms with van der Waals surface area (Å²) in [4.78, 5) is 17.0. The lowest BCUT2D eigenvalue weighted by molar-refractivity contribution is -0.0354. The van der Waals surface area contributed by atoms with E-state index in [1.807, 2.05) is 24.3 Å². The summed E-state index contributed by atoms with van der Waals surface area (Å²) < 4.78 is 6.26. The molecule has 1 fully saturated rings. The number of nitrogens with zero attached hydrogens (tertiary/aromatic N) is 1. The molecule has 5 nitrogen and oxygen atoms in total. The zero-order valence-corrected chi connectivity index (χ0v) is 17.1. The molecule has 7 heteroatoms. The number of hydrogen-bond acceptors (Lipinski definition) is 3. The summed E-state index contributed by atoms with van der Waals surface area (Å²) in [5, 5.41) is 8.93. The fourth-order valence-corrected chi connectivity index (χ4v) is 4.62. The Morgan fingerprint density at radius 3 is 2.79 bits per heavy atom. The summed E-state index contributed by atoms with van der Waals surface area (Å²) in [5.74, 6) is 0.800. The van der Waals surface area contributed by atoms with Crippen LogP contribution in [0.5, 0.6) is 5.75 Å². The Balaban J connectivity index is 1.41. The van der Waals surface area contributed by atoms with E-state index in [9.17, 15) is 4.79 Å². The van der Waals surface area contributed by atoms with Gasteiger partial charge < -0.3 is 15.4 Å². The van der Waals surface area contributed by atoms with Crippen molar-refractivity contribution in [1.29, 1.82) is 0 Å². The number of carbonyl (C=O) groups excluding carboxylic acids is 1. The molecule has 148 valence electrons. The van der Waals surface area contributed by atoms with Gasteiger partial charge in [0.2, 0.25) is 0 Å². The molecule has 1 aromatic heterocycles. The fourth-order valence-electron chi connectivity index (χ4n) is 4.23. The Morgan fingerprint density at radius 2 is 2.00 bits per heavy atom. The molecule has 1 unspecified atom stereocenters. The van der Waals surface area contributed by atoms with E-state index in [4.69, 9.17) is 27.9 Å².